The van der Waals surface area contributed by atoms with E-state index in [1.165, 1.54) is 12.1 Å². The Balaban J connectivity index is 1.30. The lowest BCUT2D eigenvalue weighted by Crippen LogP contribution is -2.46. The fraction of sp³-hybridized carbons (Fsp3) is 0.375. The number of nitrogens with zero attached hydrogens (tertiary/aromatic N) is 2. The Morgan fingerprint density at radius 2 is 1.72 bits per heavy atom. The van der Waals surface area contributed by atoms with Gasteiger partial charge in [0.25, 0.3) is 0 Å². The summed E-state index contributed by atoms with van der Waals surface area (Å²) in [7, 11) is 0. The molecule has 2 heterocycles. The highest BCUT2D eigenvalue weighted by Crippen LogP contribution is 2.36. The molecule has 1 saturated heterocycles. The predicted octanol–water partition coefficient (Wildman–Crippen LogP) is 3.98. The zero-order valence-corrected chi connectivity index (χ0v) is 17.4. The average molecular weight is 446 g/mol. The number of benzene rings is 2. The summed E-state index contributed by atoms with van der Waals surface area (Å²) in [6.45, 7) is 1.51. The predicted molar refractivity (Wildman–Crippen MR) is 114 cm³/mol. The minimum Gasteiger partial charge on any atom is -0.491 e. The smallest absolute Gasteiger partial charge is 0.416 e. The molecule has 0 saturated carbocycles. The van der Waals surface area contributed by atoms with E-state index in [4.69, 9.17) is 4.74 Å². The molecule has 0 unspecified atom stereocenters. The highest BCUT2D eigenvalue weighted by molar-refractivity contribution is 5.85. The molecule has 1 atom stereocenters. The monoisotopic (exact) mass is 446 g/mol. The number of ether oxygens (including phenoxy) is 1. The lowest BCUT2D eigenvalue weighted by molar-refractivity contribution is -0.137. The van der Waals surface area contributed by atoms with Gasteiger partial charge in [0, 0.05) is 43.0 Å². The lowest BCUT2D eigenvalue weighted by Gasteiger charge is -2.39. The Morgan fingerprint density at radius 3 is 2.41 bits per heavy atom. The van der Waals surface area contributed by atoms with Gasteiger partial charge in [-0.2, -0.15) is 13.2 Å². The van der Waals surface area contributed by atoms with Crippen LogP contribution < -0.4 is 4.74 Å². The topological polar surface area (TPSA) is 65.8 Å². The van der Waals surface area contributed by atoms with Crippen LogP contribution in [-0.2, 0) is 11.8 Å². The summed E-state index contributed by atoms with van der Waals surface area (Å²) < 4.78 is 43.3. The molecule has 2 N–H and O–H groups in total. The van der Waals surface area contributed by atoms with Crippen molar-refractivity contribution in [3.05, 3.63) is 72.1 Å². The van der Waals surface area contributed by atoms with Crippen molar-refractivity contribution < 1.29 is 28.1 Å². The number of hydrogen-bond acceptors (Lipinski definition) is 5. The highest BCUT2D eigenvalue weighted by atomic mass is 19.4. The molecule has 0 aliphatic carbocycles. The van der Waals surface area contributed by atoms with Gasteiger partial charge in [-0.15, -0.1) is 0 Å². The standard InChI is InChI=1S/C24H25F3N2O3/c25-24(26,27)18-5-7-20(8-6-18)32-16-19(30)15-29-11-9-23(31,10-12-29)22-14-28-13-17-3-1-2-4-21(17)22/h1-8,13-14,19,30-31H,9-12,15-16H2/t19-/m0/s1. The van der Waals surface area contributed by atoms with E-state index in [1.54, 1.807) is 12.4 Å². The maximum absolute atomic E-state index is 12.6. The van der Waals surface area contributed by atoms with Crippen LogP contribution in [0.2, 0.25) is 0 Å². The first kappa shape index (κ1) is 22.5. The second-order valence-electron chi connectivity index (χ2n) is 8.23. The summed E-state index contributed by atoms with van der Waals surface area (Å²) in [6.07, 6.45) is -0.668. The molecule has 4 rings (SSSR count). The van der Waals surface area contributed by atoms with Gasteiger partial charge in [0.1, 0.15) is 18.5 Å². The third kappa shape index (κ3) is 5.03. The lowest BCUT2D eigenvalue weighted by atomic mass is 9.83. The number of aromatic nitrogens is 1. The number of aliphatic hydroxyl groups excluding tert-OH is 1. The van der Waals surface area contributed by atoms with Crippen molar-refractivity contribution in [2.45, 2.75) is 30.7 Å². The number of halogens is 3. The zero-order valence-electron chi connectivity index (χ0n) is 17.4. The fourth-order valence-corrected chi connectivity index (χ4v) is 4.15. The summed E-state index contributed by atoms with van der Waals surface area (Å²) in [5.74, 6) is 0.272. The van der Waals surface area contributed by atoms with E-state index < -0.39 is 23.4 Å². The van der Waals surface area contributed by atoms with E-state index in [-0.39, 0.29) is 12.4 Å². The van der Waals surface area contributed by atoms with Gasteiger partial charge in [0.15, 0.2) is 0 Å². The Hall–Kier alpha value is -2.68. The van der Waals surface area contributed by atoms with Crippen LogP contribution in [0.1, 0.15) is 24.0 Å². The van der Waals surface area contributed by atoms with Crippen molar-refractivity contribution in [2.75, 3.05) is 26.2 Å². The first-order chi connectivity index (χ1) is 15.2. The second kappa shape index (κ2) is 9.05. The van der Waals surface area contributed by atoms with E-state index >= 15 is 0 Å². The van der Waals surface area contributed by atoms with Gasteiger partial charge >= 0.3 is 6.18 Å². The molecule has 32 heavy (non-hydrogen) atoms. The van der Waals surface area contributed by atoms with Gasteiger partial charge in [-0.3, -0.25) is 4.98 Å². The van der Waals surface area contributed by atoms with Crippen molar-refractivity contribution in [1.82, 2.24) is 9.88 Å². The molecule has 5 nitrogen and oxygen atoms in total. The molecule has 2 aromatic carbocycles. The molecule has 0 bridgehead atoms. The molecule has 1 aliphatic rings. The minimum absolute atomic E-state index is 0.0284. The van der Waals surface area contributed by atoms with Crippen LogP contribution in [0.4, 0.5) is 13.2 Å². The average Bonchev–Trinajstić information content (AvgIpc) is 2.79. The third-order valence-electron chi connectivity index (χ3n) is 5.95. The number of aliphatic hydroxyl groups is 2. The van der Waals surface area contributed by atoms with Crippen LogP contribution in [0.5, 0.6) is 5.75 Å². The van der Waals surface area contributed by atoms with Crippen molar-refractivity contribution in [2.24, 2.45) is 0 Å². The van der Waals surface area contributed by atoms with Crippen LogP contribution in [-0.4, -0.2) is 52.4 Å². The number of hydrogen-bond donors (Lipinski definition) is 2. The largest absolute Gasteiger partial charge is 0.491 e. The maximum Gasteiger partial charge on any atom is 0.416 e. The van der Waals surface area contributed by atoms with E-state index in [9.17, 15) is 23.4 Å². The molecule has 8 heteroatoms. The van der Waals surface area contributed by atoms with Gasteiger partial charge < -0.3 is 19.8 Å². The quantitative estimate of drug-likeness (QED) is 0.600. The number of piperidine rings is 1. The van der Waals surface area contributed by atoms with Crippen LogP contribution in [0.3, 0.4) is 0 Å². The van der Waals surface area contributed by atoms with Crippen LogP contribution in [0.15, 0.2) is 60.9 Å². The number of likely N-dealkylation sites (tertiary alicyclic amines) is 1. The zero-order chi connectivity index (χ0) is 22.8. The molecule has 0 amide bonds. The number of β-amino-alcohol motifs (C(OH)–C–C–N with tert-alkyl or cyclic N) is 1. The summed E-state index contributed by atoms with van der Waals surface area (Å²) in [6, 6.07) is 12.2. The fourth-order valence-electron chi connectivity index (χ4n) is 4.15. The normalized spacial score (nSPS) is 17.9. The molecule has 170 valence electrons. The molecule has 1 fully saturated rings. The molecule has 3 aromatic rings. The summed E-state index contributed by atoms with van der Waals surface area (Å²) >= 11 is 0. The number of fused-ring (bicyclic) bond motifs is 1. The first-order valence-electron chi connectivity index (χ1n) is 10.5. The Bertz CT molecular complexity index is 1040. The highest BCUT2D eigenvalue weighted by Gasteiger charge is 2.36. The first-order valence-corrected chi connectivity index (χ1v) is 10.5. The van der Waals surface area contributed by atoms with Crippen LogP contribution in [0.25, 0.3) is 10.8 Å². The molecular weight excluding hydrogens is 421 g/mol. The minimum atomic E-state index is -4.39. The van der Waals surface area contributed by atoms with Crippen molar-refractivity contribution in [3.63, 3.8) is 0 Å². The molecule has 0 radical (unpaired) electrons. The van der Waals surface area contributed by atoms with Crippen molar-refractivity contribution in [3.8, 4) is 5.75 Å². The van der Waals surface area contributed by atoms with Gasteiger partial charge in [-0.1, -0.05) is 24.3 Å². The number of pyridine rings is 1. The number of rotatable bonds is 6. The van der Waals surface area contributed by atoms with E-state index in [1.807, 2.05) is 29.2 Å². The maximum atomic E-state index is 12.6. The van der Waals surface area contributed by atoms with Crippen molar-refractivity contribution in [1.29, 1.82) is 0 Å². The van der Waals surface area contributed by atoms with Crippen molar-refractivity contribution >= 4 is 10.8 Å². The Kier molecular flexibility index (Phi) is 6.37. The van der Waals surface area contributed by atoms with Gasteiger partial charge in [-0.05, 0) is 42.5 Å². The van der Waals surface area contributed by atoms with Gasteiger partial charge in [0.2, 0.25) is 0 Å². The molecular formula is C24H25F3N2O3. The second-order valence-corrected chi connectivity index (χ2v) is 8.23. The molecule has 1 aromatic heterocycles. The summed E-state index contributed by atoms with van der Waals surface area (Å²) in [5.41, 5.74) is -0.902. The number of alkyl halides is 3. The summed E-state index contributed by atoms with van der Waals surface area (Å²) in [5, 5.41) is 23.6. The molecule has 0 spiro atoms. The van der Waals surface area contributed by atoms with Crippen LogP contribution in [0, 0.1) is 0 Å². The van der Waals surface area contributed by atoms with E-state index in [0.29, 0.717) is 32.5 Å². The third-order valence-corrected chi connectivity index (χ3v) is 5.95. The van der Waals surface area contributed by atoms with Gasteiger partial charge in [-0.25, -0.2) is 0 Å². The summed E-state index contributed by atoms with van der Waals surface area (Å²) in [4.78, 5) is 6.33. The van der Waals surface area contributed by atoms with Gasteiger partial charge in [0.05, 0.1) is 11.2 Å². The Labute approximate surface area is 184 Å². The van der Waals surface area contributed by atoms with Crippen LogP contribution >= 0.6 is 0 Å². The van der Waals surface area contributed by atoms with E-state index in [2.05, 4.69) is 4.98 Å². The van der Waals surface area contributed by atoms with E-state index in [0.717, 1.165) is 28.5 Å². The molecule has 1 aliphatic heterocycles. The Morgan fingerprint density at radius 1 is 1.03 bits per heavy atom. The SMILES string of the molecule is O[C@H](COc1ccc(C(F)(F)F)cc1)CN1CCC(O)(c2cncc3ccccc23)CC1.